The molecule has 2 bridgehead atoms. The molecule has 2 aromatic heterocycles. The number of hydrogen-bond acceptors (Lipinski definition) is 3. The molecule has 114 valence electrons. The van der Waals surface area contributed by atoms with Gasteiger partial charge in [0.1, 0.15) is 5.52 Å². The molecule has 2 aromatic rings. The van der Waals surface area contributed by atoms with Gasteiger partial charge >= 0.3 is 0 Å². The van der Waals surface area contributed by atoms with Crippen LogP contribution < -0.4 is 5.73 Å². The second-order valence-corrected chi connectivity index (χ2v) is 6.99. The van der Waals surface area contributed by atoms with Crippen LogP contribution >= 0.6 is 0 Å². The molecule has 2 heterocycles. The van der Waals surface area contributed by atoms with E-state index in [9.17, 15) is 0 Å². The minimum absolute atomic E-state index is 0.423. The molecule has 5 nitrogen and oxygen atoms in total. The van der Waals surface area contributed by atoms with Gasteiger partial charge in [0.2, 0.25) is 5.95 Å². The van der Waals surface area contributed by atoms with Crippen molar-refractivity contribution in [3.05, 3.63) is 5.69 Å². The number of anilines is 1. The van der Waals surface area contributed by atoms with Gasteiger partial charge in [-0.25, -0.2) is 9.67 Å². The smallest absolute Gasteiger partial charge is 0.202 e. The highest BCUT2D eigenvalue weighted by Gasteiger charge is 2.43. The number of fused-ring (bicyclic) bond motifs is 3. The van der Waals surface area contributed by atoms with E-state index in [2.05, 4.69) is 33.2 Å². The van der Waals surface area contributed by atoms with Crippen LogP contribution in [-0.4, -0.2) is 19.3 Å². The maximum atomic E-state index is 6.27. The summed E-state index contributed by atoms with van der Waals surface area (Å²) in [4.78, 5) is 4.59. The molecular weight excluding hydrogens is 262 g/mol. The van der Waals surface area contributed by atoms with E-state index in [0.717, 1.165) is 41.2 Å². The average Bonchev–Trinajstić information content (AvgIpc) is 3.20. The molecule has 0 radical (unpaired) electrons. The molecule has 5 heteroatoms. The maximum Gasteiger partial charge on any atom is 0.202 e. The van der Waals surface area contributed by atoms with Crippen molar-refractivity contribution in [3.63, 3.8) is 0 Å². The van der Waals surface area contributed by atoms with Gasteiger partial charge in [0, 0.05) is 12.6 Å². The first-order valence-corrected chi connectivity index (χ1v) is 8.31. The third-order valence-electron chi connectivity index (χ3n) is 5.89. The summed E-state index contributed by atoms with van der Waals surface area (Å²) in [6, 6.07) is 0.423. The highest BCUT2D eigenvalue weighted by Crippen LogP contribution is 2.52. The van der Waals surface area contributed by atoms with Crippen molar-refractivity contribution in [1.82, 2.24) is 19.3 Å². The fraction of sp³-hybridized carbons (Fsp3) is 0.750. The van der Waals surface area contributed by atoms with E-state index in [4.69, 9.17) is 5.73 Å². The third kappa shape index (κ3) is 1.75. The lowest BCUT2D eigenvalue weighted by molar-refractivity contribution is 0.246. The zero-order chi connectivity index (χ0) is 14.7. The van der Waals surface area contributed by atoms with Crippen molar-refractivity contribution in [1.29, 1.82) is 0 Å². The summed E-state index contributed by atoms with van der Waals surface area (Å²) in [5, 5.41) is 4.60. The van der Waals surface area contributed by atoms with Crippen LogP contribution in [0.1, 0.15) is 51.3 Å². The van der Waals surface area contributed by atoms with Gasteiger partial charge in [0.15, 0.2) is 5.65 Å². The molecule has 0 amide bonds. The highest BCUT2D eigenvalue weighted by molar-refractivity contribution is 5.77. The van der Waals surface area contributed by atoms with Gasteiger partial charge in [-0.1, -0.05) is 6.42 Å². The van der Waals surface area contributed by atoms with E-state index >= 15 is 0 Å². The summed E-state index contributed by atoms with van der Waals surface area (Å²) < 4.78 is 4.31. The monoisotopic (exact) mass is 287 g/mol. The van der Waals surface area contributed by atoms with Crippen LogP contribution in [0.15, 0.2) is 0 Å². The minimum atomic E-state index is 0.423. The SMILES string of the molecule is CCn1nc(C)c2nc(N)n(C(C)C3CC4CCC3C4)c21. The van der Waals surface area contributed by atoms with Crippen LogP contribution in [0.4, 0.5) is 5.95 Å². The Kier molecular flexibility index (Phi) is 2.81. The van der Waals surface area contributed by atoms with E-state index in [1.54, 1.807) is 0 Å². The van der Waals surface area contributed by atoms with Gasteiger partial charge in [-0.2, -0.15) is 5.10 Å². The molecule has 4 atom stereocenters. The van der Waals surface area contributed by atoms with Gasteiger partial charge in [-0.3, -0.25) is 4.57 Å². The summed E-state index contributed by atoms with van der Waals surface area (Å²) in [5.41, 5.74) is 9.34. The number of nitrogens with two attached hydrogens (primary N) is 1. The average molecular weight is 287 g/mol. The quantitative estimate of drug-likeness (QED) is 0.943. The van der Waals surface area contributed by atoms with Crippen molar-refractivity contribution in [2.75, 3.05) is 5.73 Å². The molecule has 2 fully saturated rings. The van der Waals surface area contributed by atoms with Crippen LogP contribution in [0, 0.1) is 24.7 Å². The number of nitrogen functional groups attached to an aromatic ring is 1. The first-order chi connectivity index (χ1) is 10.1. The van der Waals surface area contributed by atoms with Gasteiger partial charge in [0.05, 0.1) is 5.69 Å². The molecule has 0 aromatic carbocycles. The largest absolute Gasteiger partial charge is 0.369 e. The van der Waals surface area contributed by atoms with Gasteiger partial charge in [-0.05, 0) is 57.8 Å². The second-order valence-electron chi connectivity index (χ2n) is 6.99. The number of aromatic nitrogens is 4. The molecule has 21 heavy (non-hydrogen) atoms. The summed E-state index contributed by atoms with van der Waals surface area (Å²) in [6.07, 6.45) is 5.64. The Bertz CT molecular complexity index is 682. The molecule has 4 rings (SSSR count). The summed E-state index contributed by atoms with van der Waals surface area (Å²) in [7, 11) is 0. The van der Waals surface area contributed by atoms with E-state index in [-0.39, 0.29) is 0 Å². The fourth-order valence-electron chi connectivity index (χ4n) is 4.90. The molecule has 4 unspecified atom stereocenters. The topological polar surface area (TPSA) is 61.7 Å². The third-order valence-corrected chi connectivity index (χ3v) is 5.89. The Morgan fingerprint density at radius 1 is 1.33 bits per heavy atom. The first kappa shape index (κ1) is 13.2. The van der Waals surface area contributed by atoms with Crippen LogP contribution in [0.25, 0.3) is 11.2 Å². The molecule has 2 N–H and O–H groups in total. The predicted molar refractivity (Wildman–Crippen MR) is 84.0 cm³/mol. The van der Waals surface area contributed by atoms with Gasteiger partial charge < -0.3 is 5.73 Å². The van der Waals surface area contributed by atoms with Crippen LogP contribution in [0.5, 0.6) is 0 Å². The number of imidazole rings is 1. The molecular formula is C16H25N5. The fourth-order valence-corrected chi connectivity index (χ4v) is 4.90. The standard InChI is InChI=1S/C16H25N5/c1-4-20-15-14(9(2)19-20)18-16(17)21(15)10(3)13-8-11-5-6-12(13)7-11/h10-13H,4-8H2,1-3H3,(H2,17,18). The summed E-state index contributed by atoms with van der Waals surface area (Å²) >= 11 is 0. The Morgan fingerprint density at radius 3 is 2.76 bits per heavy atom. The van der Waals surface area contributed by atoms with Crippen molar-refractivity contribution in [3.8, 4) is 0 Å². The maximum absolute atomic E-state index is 6.27. The van der Waals surface area contributed by atoms with Crippen molar-refractivity contribution in [2.45, 2.75) is 59.0 Å². The van der Waals surface area contributed by atoms with Crippen molar-refractivity contribution < 1.29 is 0 Å². The highest BCUT2D eigenvalue weighted by atomic mass is 15.4. The minimum Gasteiger partial charge on any atom is -0.369 e. The Balaban J connectivity index is 1.80. The molecule has 2 saturated carbocycles. The Labute approximate surface area is 125 Å². The molecule has 0 spiro atoms. The van der Waals surface area contributed by atoms with Crippen LogP contribution in [0.3, 0.4) is 0 Å². The van der Waals surface area contributed by atoms with Crippen molar-refractivity contribution >= 4 is 17.1 Å². The molecule has 2 aliphatic rings. The molecule has 2 aliphatic carbocycles. The number of nitrogens with zero attached hydrogens (tertiary/aromatic N) is 4. The Morgan fingerprint density at radius 2 is 2.14 bits per heavy atom. The predicted octanol–water partition coefficient (Wildman–Crippen LogP) is 3.14. The van der Waals surface area contributed by atoms with E-state index in [0.29, 0.717) is 12.0 Å². The lowest BCUT2D eigenvalue weighted by Gasteiger charge is -2.29. The summed E-state index contributed by atoms with van der Waals surface area (Å²) in [6.45, 7) is 7.33. The van der Waals surface area contributed by atoms with Gasteiger partial charge in [0.25, 0.3) is 0 Å². The first-order valence-electron chi connectivity index (χ1n) is 8.31. The summed E-state index contributed by atoms with van der Waals surface area (Å²) in [5.74, 6) is 3.26. The number of rotatable bonds is 3. The van der Waals surface area contributed by atoms with Crippen LogP contribution in [-0.2, 0) is 6.54 Å². The van der Waals surface area contributed by atoms with E-state index in [1.807, 2.05) is 6.92 Å². The molecule has 0 saturated heterocycles. The van der Waals surface area contributed by atoms with E-state index in [1.165, 1.54) is 25.7 Å². The number of aryl methyl sites for hydroxylation is 2. The number of hydrogen-bond donors (Lipinski definition) is 1. The van der Waals surface area contributed by atoms with Crippen LogP contribution in [0.2, 0.25) is 0 Å². The Hall–Kier alpha value is -1.52. The lowest BCUT2D eigenvalue weighted by atomic mass is 9.84. The van der Waals surface area contributed by atoms with Gasteiger partial charge in [-0.15, -0.1) is 0 Å². The van der Waals surface area contributed by atoms with Crippen molar-refractivity contribution in [2.24, 2.45) is 17.8 Å². The zero-order valence-corrected chi connectivity index (χ0v) is 13.2. The lowest BCUT2D eigenvalue weighted by Crippen LogP contribution is -2.24. The normalized spacial score (nSPS) is 29.6. The zero-order valence-electron chi connectivity index (χ0n) is 13.2. The van der Waals surface area contributed by atoms with E-state index < -0.39 is 0 Å². The molecule has 0 aliphatic heterocycles. The second kappa shape index (κ2) is 4.49.